The summed E-state index contributed by atoms with van der Waals surface area (Å²) in [5.41, 5.74) is -1.02. The molecule has 2 bridgehead atoms. The van der Waals surface area contributed by atoms with E-state index < -0.39 is 23.3 Å². The Labute approximate surface area is 207 Å². The van der Waals surface area contributed by atoms with Crippen LogP contribution in [0.5, 0.6) is 0 Å². The number of nitrogens with one attached hydrogen (secondary N) is 2. The predicted octanol–water partition coefficient (Wildman–Crippen LogP) is 2.39. The minimum Gasteiger partial charge on any atom is -0.390 e. The summed E-state index contributed by atoms with van der Waals surface area (Å²) in [7, 11) is 0. The molecule has 0 radical (unpaired) electrons. The first-order valence-corrected chi connectivity index (χ1v) is 11.9. The highest BCUT2D eigenvalue weighted by molar-refractivity contribution is 5.99. The molecule has 2 fully saturated rings. The fraction of sp³-hybridized carbons (Fsp3) is 0.480. The molecule has 11 heteroatoms. The van der Waals surface area contributed by atoms with E-state index in [0.717, 1.165) is 12.8 Å². The second kappa shape index (κ2) is 8.50. The molecule has 1 atom stereocenters. The third-order valence-electron chi connectivity index (χ3n) is 7.30. The molecule has 2 saturated carbocycles. The molecule has 188 valence electrons. The molecule has 0 saturated heterocycles. The van der Waals surface area contributed by atoms with Crippen molar-refractivity contribution in [2.24, 2.45) is 0 Å². The molecule has 4 N–H and O–H groups in total. The number of alkyl halides is 1. The Morgan fingerprint density at radius 1 is 1.25 bits per heavy atom. The number of rotatable bonds is 7. The maximum Gasteiger partial charge on any atom is 0.255 e. The zero-order valence-electron chi connectivity index (χ0n) is 20.1. The highest BCUT2D eigenvalue weighted by Gasteiger charge is 2.53. The van der Waals surface area contributed by atoms with E-state index in [2.05, 4.69) is 31.8 Å². The van der Waals surface area contributed by atoms with E-state index in [-0.39, 0.29) is 17.6 Å². The third kappa shape index (κ3) is 4.38. The first-order chi connectivity index (χ1) is 17.0. The van der Waals surface area contributed by atoms with Gasteiger partial charge < -0.3 is 20.8 Å². The van der Waals surface area contributed by atoms with Crippen LogP contribution in [-0.4, -0.2) is 65.3 Å². The summed E-state index contributed by atoms with van der Waals surface area (Å²) in [6, 6.07) is 5.42. The molecule has 3 heterocycles. The van der Waals surface area contributed by atoms with Crippen LogP contribution in [0.3, 0.4) is 0 Å². The lowest BCUT2D eigenvalue weighted by Gasteiger charge is -2.30. The molecule has 2 aliphatic carbocycles. The monoisotopic (exact) mass is 493 g/mol. The standard InChI is InChI=1S/C25H28FN7O3/c1-23(2,35)19(26)13-30-22(34)17-12-28-20(33-21-16(11-31-33)7-15(9-27)10-29-21)8-18(17)32-24-3-5-25(36,14-24)6-4-24/h7-8,10-12,19,35-36H,3-6,13-14H2,1-2H3,(H,28,32)(H,30,34)/t19-,24?,25?/m1/s1. The van der Waals surface area contributed by atoms with Crippen LogP contribution in [0.2, 0.25) is 0 Å². The van der Waals surface area contributed by atoms with Gasteiger partial charge in [0.25, 0.3) is 5.91 Å². The molecule has 1 amide bonds. The summed E-state index contributed by atoms with van der Waals surface area (Å²) in [5.74, 6) is -0.128. The summed E-state index contributed by atoms with van der Waals surface area (Å²) >= 11 is 0. The number of nitrogens with zero attached hydrogens (tertiary/aromatic N) is 5. The predicted molar refractivity (Wildman–Crippen MR) is 129 cm³/mol. The number of aromatic nitrogens is 4. The Balaban J connectivity index is 1.50. The minimum atomic E-state index is -1.65. The van der Waals surface area contributed by atoms with Gasteiger partial charge in [0.1, 0.15) is 12.2 Å². The van der Waals surface area contributed by atoms with E-state index in [9.17, 15) is 19.4 Å². The number of carbonyl (C=O) groups is 1. The van der Waals surface area contributed by atoms with Crippen LogP contribution in [-0.2, 0) is 0 Å². The fourth-order valence-electron chi connectivity index (χ4n) is 5.15. The second-order valence-electron chi connectivity index (χ2n) is 10.5. The zero-order valence-corrected chi connectivity index (χ0v) is 20.1. The van der Waals surface area contributed by atoms with Crippen molar-refractivity contribution in [1.82, 2.24) is 25.1 Å². The summed E-state index contributed by atoms with van der Waals surface area (Å²) in [6.45, 7) is 2.33. The molecule has 0 aromatic carbocycles. The number of halogens is 1. The maximum absolute atomic E-state index is 14.3. The summed E-state index contributed by atoms with van der Waals surface area (Å²) in [6.07, 6.45) is 6.25. The lowest BCUT2D eigenvalue weighted by molar-refractivity contribution is -0.00178. The number of carbonyl (C=O) groups excluding carboxylic acids is 1. The van der Waals surface area contributed by atoms with Gasteiger partial charge in [-0.1, -0.05) is 0 Å². The van der Waals surface area contributed by atoms with Crippen LogP contribution in [0.15, 0.2) is 30.7 Å². The number of amides is 1. The van der Waals surface area contributed by atoms with Gasteiger partial charge in [0, 0.05) is 29.4 Å². The molecule has 3 aromatic heterocycles. The van der Waals surface area contributed by atoms with Crippen LogP contribution < -0.4 is 10.6 Å². The second-order valence-corrected chi connectivity index (χ2v) is 10.5. The van der Waals surface area contributed by atoms with Gasteiger partial charge in [0.15, 0.2) is 11.5 Å². The minimum absolute atomic E-state index is 0.217. The molecule has 3 aromatic rings. The first kappa shape index (κ1) is 24.1. The lowest BCUT2D eigenvalue weighted by Crippen LogP contribution is -2.42. The van der Waals surface area contributed by atoms with Crippen molar-refractivity contribution in [1.29, 1.82) is 5.26 Å². The maximum atomic E-state index is 14.3. The third-order valence-corrected chi connectivity index (χ3v) is 7.30. The Kier molecular flexibility index (Phi) is 5.69. The van der Waals surface area contributed by atoms with Crippen LogP contribution in [0, 0.1) is 11.3 Å². The van der Waals surface area contributed by atoms with Crippen LogP contribution in [0.25, 0.3) is 16.9 Å². The molecule has 10 nitrogen and oxygen atoms in total. The smallest absolute Gasteiger partial charge is 0.255 e. The van der Waals surface area contributed by atoms with Crippen molar-refractivity contribution in [2.45, 2.75) is 68.9 Å². The summed E-state index contributed by atoms with van der Waals surface area (Å²) in [4.78, 5) is 21.8. The number of hydrogen-bond donors (Lipinski definition) is 4. The first-order valence-electron chi connectivity index (χ1n) is 11.9. The Bertz CT molecular complexity index is 1370. The largest absolute Gasteiger partial charge is 0.390 e. The number of anilines is 1. The molecule has 0 aliphatic heterocycles. The lowest BCUT2D eigenvalue weighted by atomic mass is 9.92. The average molecular weight is 494 g/mol. The van der Waals surface area contributed by atoms with Gasteiger partial charge in [0.2, 0.25) is 0 Å². The van der Waals surface area contributed by atoms with E-state index in [1.54, 1.807) is 18.3 Å². The van der Waals surface area contributed by atoms with E-state index >= 15 is 0 Å². The van der Waals surface area contributed by atoms with Crippen LogP contribution in [0.1, 0.15) is 61.9 Å². The number of fused-ring (bicyclic) bond motifs is 3. The van der Waals surface area contributed by atoms with Crippen molar-refractivity contribution in [2.75, 3.05) is 11.9 Å². The Hall–Kier alpha value is -3.62. The van der Waals surface area contributed by atoms with E-state index in [4.69, 9.17) is 5.26 Å². The van der Waals surface area contributed by atoms with Gasteiger partial charge in [-0.3, -0.25) is 4.79 Å². The number of aliphatic hydroxyl groups is 2. The number of hydrogen-bond acceptors (Lipinski definition) is 8. The molecule has 0 unspecified atom stereocenters. The van der Waals surface area contributed by atoms with Gasteiger partial charge in [-0.25, -0.2) is 14.4 Å². The van der Waals surface area contributed by atoms with Crippen molar-refractivity contribution in [3.8, 4) is 11.9 Å². The molecule has 0 spiro atoms. The van der Waals surface area contributed by atoms with Crippen molar-refractivity contribution >= 4 is 22.6 Å². The van der Waals surface area contributed by atoms with Crippen LogP contribution in [0.4, 0.5) is 10.1 Å². The highest BCUT2D eigenvalue weighted by atomic mass is 19.1. The fourth-order valence-corrected chi connectivity index (χ4v) is 5.15. The van der Waals surface area contributed by atoms with Gasteiger partial charge in [-0.2, -0.15) is 15.0 Å². The molecular weight excluding hydrogens is 465 g/mol. The van der Waals surface area contributed by atoms with Gasteiger partial charge in [-0.15, -0.1) is 0 Å². The van der Waals surface area contributed by atoms with E-state index in [1.807, 2.05) is 0 Å². The van der Waals surface area contributed by atoms with Crippen LogP contribution >= 0.6 is 0 Å². The average Bonchev–Trinajstić information content (AvgIpc) is 3.51. The van der Waals surface area contributed by atoms with Crippen molar-refractivity contribution < 1.29 is 19.4 Å². The molecule has 2 aliphatic rings. The van der Waals surface area contributed by atoms with Crippen molar-refractivity contribution in [3.63, 3.8) is 0 Å². The SMILES string of the molecule is CC(C)(O)[C@H](F)CNC(=O)c1cnc(-n2ncc3cc(C#N)cnc32)cc1NC12CCC(O)(CC1)C2. The van der Waals surface area contributed by atoms with Crippen molar-refractivity contribution in [3.05, 3.63) is 41.9 Å². The Morgan fingerprint density at radius 3 is 2.64 bits per heavy atom. The number of nitriles is 1. The van der Waals surface area contributed by atoms with Gasteiger partial charge in [0.05, 0.1) is 40.8 Å². The van der Waals surface area contributed by atoms with Gasteiger partial charge >= 0.3 is 0 Å². The molecular formula is C25H28FN7O3. The summed E-state index contributed by atoms with van der Waals surface area (Å²) in [5, 5.41) is 40.8. The van der Waals surface area contributed by atoms with E-state index in [1.165, 1.54) is 30.9 Å². The summed E-state index contributed by atoms with van der Waals surface area (Å²) < 4.78 is 15.8. The normalized spacial score (nSPS) is 24.0. The zero-order chi connectivity index (χ0) is 25.7. The molecule has 5 rings (SSSR count). The highest BCUT2D eigenvalue weighted by Crippen LogP contribution is 2.52. The quantitative estimate of drug-likeness (QED) is 0.392. The number of pyridine rings is 2. The van der Waals surface area contributed by atoms with Gasteiger partial charge in [-0.05, 0) is 52.0 Å². The topological polar surface area (TPSA) is 149 Å². The Morgan fingerprint density at radius 2 is 2.00 bits per heavy atom. The van der Waals surface area contributed by atoms with E-state index in [0.29, 0.717) is 47.4 Å². The molecule has 36 heavy (non-hydrogen) atoms.